The number of aromatic nitrogens is 2. The number of carbonyl (C=O) groups excluding carboxylic acids is 1. The van der Waals surface area contributed by atoms with Crippen LogP contribution in [-0.4, -0.2) is 22.4 Å². The van der Waals surface area contributed by atoms with Crippen LogP contribution in [0.5, 0.6) is 0 Å². The highest BCUT2D eigenvalue weighted by molar-refractivity contribution is 5.90. The molecule has 0 bridgehead atoms. The van der Waals surface area contributed by atoms with Gasteiger partial charge in [0.05, 0.1) is 25.0 Å². The van der Waals surface area contributed by atoms with Gasteiger partial charge in [0.15, 0.2) is 0 Å². The minimum absolute atomic E-state index is 0.291. The van der Waals surface area contributed by atoms with Gasteiger partial charge >= 0.3 is 5.97 Å². The summed E-state index contributed by atoms with van der Waals surface area (Å²) >= 11 is 0. The zero-order chi connectivity index (χ0) is 14.5. The van der Waals surface area contributed by atoms with Crippen molar-refractivity contribution in [3.63, 3.8) is 0 Å². The van der Waals surface area contributed by atoms with Gasteiger partial charge in [-0.2, -0.15) is 5.10 Å². The zero-order valence-electron chi connectivity index (χ0n) is 12.2. The molecule has 4 heteroatoms. The van der Waals surface area contributed by atoms with E-state index in [9.17, 15) is 4.79 Å². The minimum atomic E-state index is -0.291. The van der Waals surface area contributed by atoms with Gasteiger partial charge in [-0.25, -0.2) is 4.79 Å². The van der Waals surface area contributed by atoms with Gasteiger partial charge in [0.2, 0.25) is 0 Å². The molecule has 2 aromatic rings. The number of benzene rings is 1. The number of carbonyl (C=O) groups is 1. The summed E-state index contributed by atoms with van der Waals surface area (Å²) < 4.78 is 6.95. The van der Waals surface area contributed by atoms with Crippen molar-refractivity contribution in [2.24, 2.45) is 0 Å². The third-order valence-electron chi connectivity index (χ3n) is 3.36. The molecule has 0 radical (unpaired) electrons. The van der Waals surface area contributed by atoms with E-state index in [1.165, 1.54) is 11.1 Å². The van der Waals surface area contributed by atoms with Gasteiger partial charge in [-0.05, 0) is 31.4 Å². The molecule has 0 saturated carbocycles. The van der Waals surface area contributed by atoms with Crippen LogP contribution in [0.15, 0.2) is 30.5 Å². The first-order valence-corrected chi connectivity index (χ1v) is 6.93. The van der Waals surface area contributed by atoms with Crippen molar-refractivity contribution in [3.8, 4) is 0 Å². The zero-order valence-corrected chi connectivity index (χ0v) is 12.2. The van der Waals surface area contributed by atoms with Crippen LogP contribution in [0, 0.1) is 6.92 Å². The number of hydrogen-bond acceptors (Lipinski definition) is 3. The summed E-state index contributed by atoms with van der Waals surface area (Å²) in [5.41, 5.74) is 3.93. The van der Waals surface area contributed by atoms with E-state index in [0.717, 1.165) is 12.1 Å². The fourth-order valence-corrected chi connectivity index (χ4v) is 2.25. The first-order valence-electron chi connectivity index (χ1n) is 6.93. The third kappa shape index (κ3) is 2.90. The second kappa shape index (κ2) is 6.37. The molecule has 0 aliphatic carbocycles. The first-order chi connectivity index (χ1) is 9.67. The maximum Gasteiger partial charge on any atom is 0.341 e. The SMILES string of the molecule is CCOC(=O)c1cnn(Cc2ccccc2C)c1CC. The molecule has 1 aromatic carbocycles. The lowest BCUT2D eigenvalue weighted by molar-refractivity contribution is 0.0525. The van der Waals surface area contributed by atoms with Crippen molar-refractivity contribution in [1.29, 1.82) is 0 Å². The second-order valence-electron chi connectivity index (χ2n) is 4.66. The van der Waals surface area contributed by atoms with Crippen LogP contribution in [0.4, 0.5) is 0 Å². The van der Waals surface area contributed by atoms with E-state index in [-0.39, 0.29) is 5.97 Å². The Morgan fingerprint density at radius 3 is 2.70 bits per heavy atom. The van der Waals surface area contributed by atoms with Gasteiger partial charge in [0.1, 0.15) is 5.56 Å². The molecule has 0 aliphatic rings. The Hall–Kier alpha value is -2.10. The van der Waals surface area contributed by atoms with Gasteiger partial charge < -0.3 is 4.74 Å². The molecule has 0 fully saturated rings. The molecule has 0 atom stereocenters. The fraction of sp³-hybridized carbons (Fsp3) is 0.375. The summed E-state index contributed by atoms with van der Waals surface area (Å²) in [4.78, 5) is 11.9. The van der Waals surface area contributed by atoms with Crippen LogP contribution in [0.25, 0.3) is 0 Å². The Morgan fingerprint density at radius 2 is 2.05 bits per heavy atom. The van der Waals surface area contributed by atoms with E-state index in [1.807, 2.05) is 23.7 Å². The quantitative estimate of drug-likeness (QED) is 0.786. The van der Waals surface area contributed by atoms with Crippen LogP contribution in [0.1, 0.15) is 41.0 Å². The number of nitrogens with zero attached hydrogens (tertiary/aromatic N) is 2. The molecule has 1 aromatic heterocycles. The van der Waals surface area contributed by atoms with Gasteiger partial charge in [-0.15, -0.1) is 0 Å². The highest BCUT2D eigenvalue weighted by Gasteiger charge is 2.17. The van der Waals surface area contributed by atoms with Crippen LogP contribution in [0.2, 0.25) is 0 Å². The maximum absolute atomic E-state index is 11.9. The lowest BCUT2D eigenvalue weighted by Crippen LogP contribution is -2.11. The van der Waals surface area contributed by atoms with E-state index < -0.39 is 0 Å². The molecule has 0 spiro atoms. The predicted octanol–water partition coefficient (Wildman–Crippen LogP) is 2.98. The summed E-state index contributed by atoms with van der Waals surface area (Å²) in [6.45, 7) is 6.96. The largest absolute Gasteiger partial charge is 0.462 e. The molecule has 20 heavy (non-hydrogen) atoms. The van der Waals surface area contributed by atoms with Crippen molar-refractivity contribution in [2.45, 2.75) is 33.7 Å². The molecule has 0 amide bonds. The van der Waals surface area contributed by atoms with Crippen LogP contribution in [-0.2, 0) is 17.7 Å². The minimum Gasteiger partial charge on any atom is -0.462 e. The Morgan fingerprint density at radius 1 is 1.30 bits per heavy atom. The van der Waals surface area contributed by atoms with Gasteiger partial charge in [-0.1, -0.05) is 31.2 Å². The van der Waals surface area contributed by atoms with E-state index in [4.69, 9.17) is 4.74 Å². The van der Waals surface area contributed by atoms with E-state index in [0.29, 0.717) is 18.7 Å². The summed E-state index contributed by atoms with van der Waals surface area (Å²) in [6.07, 6.45) is 2.36. The van der Waals surface area contributed by atoms with Crippen LogP contribution in [0.3, 0.4) is 0 Å². The molecular weight excluding hydrogens is 252 g/mol. The molecule has 4 nitrogen and oxygen atoms in total. The van der Waals surface area contributed by atoms with Crippen LogP contribution >= 0.6 is 0 Å². The normalized spacial score (nSPS) is 10.6. The molecule has 0 N–H and O–H groups in total. The number of hydrogen-bond donors (Lipinski definition) is 0. The second-order valence-corrected chi connectivity index (χ2v) is 4.66. The summed E-state index contributed by atoms with van der Waals surface area (Å²) in [5.74, 6) is -0.291. The van der Waals surface area contributed by atoms with Gasteiger partial charge in [0, 0.05) is 0 Å². The third-order valence-corrected chi connectivity index (χ3v) is 3.36. The van der Waals surface area contributed by atoms with Crippen molar-refractivity contribution >= 4 is 5.97 Å². The number of ether oxygens (including phenoxy) is 1. The van der Waals surface area contributed by atoms with Crippen molar-refractivity contribution in [1.82, 2.24) is 9.78 Å². The Labute approximate surface area is 119 Å². The molecule has 106 valence electrons. The summed E-state index contributed by atoms with van der Waals surface area (Å²) in [5, 5.41) is 4.34. The Balaban J connectivity index is 2.29. The maximum atomic E-state index is 11.9. The molecule has 0 saturated heterocycles. The van der Waals surface area contributed by atoms with E-state index in [2.05, 4.69) is 24.2 Å². The van der Waals surface area contributed by atoms with Crippen molar-refractivity contribution in [2.75, 3.05) is 6.61 Å². The smallest absolute Gasteiger partial charge is 0.341 e. The van der Waals surface area contributed by atoms with Gasteiger partial charge in [-0.3, -0.25) is 4.68 Å². The molecule has 0 unspecified atom stereocenters. The highest BCUT2D eigenvalue weighted by Crippen LogP contribution is 2.15. The Kier molecular flexibility index (Phi) is 4.56. The standard InChI is InChI=1S/C16H20N2O2/c1-4-15-14(16(19)20-5-2)10-17-18(15)11-13-9-7-6-8-12(13)3/h6-10H,4-5,11H2,1-3H3. The molecular formula is C16H20N2O2. The van der Waals surface area contributed by atoms with E-state index in [1.54, 1.807) is 13.1 Å². The monoisotopic (exact) mass is 272 g/mol. The summed E-state index contributed by atoms with van der Waals surface area (Å²) in [6, 6.07) is 8.20. The molecule has 1 heterocycles. The average molecular weight is 272 g/mol. The van der Waals surface area contributed by atoms with Crippen LogP contribution < -0.4 is 0 Å². The predicted molar refractivity (Wildman–Crippen MR) is 77.8 cm³/mol. The summed E-state index contributed by atoms with van der Waals surface area (Å²) in [7, 11) is 0. The highest BCUT2D eigenvalue weighted by atomic mass is 16.5. The fourth-order valence-electron chi connectivity index (χ4n) is 2.25. The topological polar surface area (TPSA) is 44.1 Å². The van der Waals surface area contributed by atoms with Crippen molar-refractivity contribution in [3.05, 3.63) is 52.8 Å². The van der Waals surface area contributed by atoms with E-state index >= 15 is 0 Å². The molecule has 2 rings (SSSR count). The van der Waals surface area contributed by atoms with Crippen molar-refractivity contribution < 1.29 is 9.53 Å². The Bertz CT molecular complexity index is 602. The number of esters is 1. The molecule has 0 aliphatic heterocycles. The number of rotatable bonds is 5. The van der Waals surface area contributed by atoms with Gasteiger partial charge in [0.25, 0.3) is 0 Å². The average Bonchev–Trinajstić information content (AvgIpc) is 2.84. The first kappa shape index (κ1) is 14.3. The lowest BCUT2D eigenvalue weighted by atomic mass is 10.1. The number of aryl methyl sites for hydroxylation is 1. The lowest BCUT2D eigenvalue weighted by Gasteiger charge is -2.09.